The summed E-state index contributed by atoms with van der Waals surface area (Å²) in [7, 11) is 0. The fourth-order valence-corrected chi connectivity index (χ4v) is 4.94. The Labute approximate surface area is 197 Å². The molecule has 2 heterocycles. The number of esters is 1. The van der Waals surface area contributed by atoms with Crippen molar-refractivity contribution in [2.75, 3.05) is 25.0 Å². The third kappa shape index (κ3) is 3.95. The smallest absolute Gasteiger partial charge is 0.347 e. The van der Waals surface area contributed by atoms with Crippen LogP contribution in [0.15, 0.2) is 66.9 Å². The van der Waals surface area contributed by atoms with E-state index in [2.05, 4.69) is 20.8 Å². The van der Waals surface area contributed by atoms with Crippen LogP contribution in [0.4, 0.5) is 5.82 Å². The number of aromatic nitrogens is 2. The molecule has 2 atom stereocenters. The van der Waals surface area contributed by atoms with Crippen molar-refractivity contribution in [3.8, 4) is 11.1 Å². The second-order valence-electron chi connectivity index (χ2n) is 8.71. The first-order chi connectivity index (χ1) is 16.6. The summed E-state index contributed by atoms with van der Waals surface area (Å²) < 4.78 is 5.70. The van der Waals surface area contributed by atoms with Crippen molar-refractivity contribution in [2.24, 2.45) is 11.8 Å². The summed E-state index contributed by atoms with van der Waals surface area (Å²) in [5.74, 6) is -1.36. The first-order valence-electron chi connectivity index (χ1n) is 11.5. The van der Waals surface area contributed by atoms with E-state index in [0.29, 0.717) is 23.5 Å². The largest absolute Gasteiger partial charge is 0.462 e. The van der Waals surface area contributed by atoms with E-state index in [4.69, 9.17) is 4.74 Å². The molecule has 1 fully saturated rings. The molecule has 0 saturated carbocycles. The molecule has 1 saturated heterocycles. The molecule has 2 aliphatic rings. The molecule has 3 N–H and O–H groups in total. The second kappa shape index (κ2) is 9.32. The molecule has 0 radical (unpaired) electrons. The molecule has 1 aliphatic heterocycles. The Kier molecular flexibility index (Phi) is 6.08. The summed E-state index contributed by atoms with van der Waals surface area (Å²) in [5, 5.41) is 25.5. The molecule has 34 heavy (non-hydrogen) atoms. The highest BCUT2D eigenvalue weighted by molar-refractivity contribution is 5.96. The third-order valence-corrected chi connectivity index (χ3v) is 6.68. The molecule has 5 rings (SSSR count). The molecular formula is C26H26N4O4. The molecule has 1 aromatic heterocycles. The van der Waals surface area contributed by atoms with E-state index in [1.165, 1.54) is 6.20 Å². The van der Waals surface area contributed by atoms with Crippen LogP contribution in [-0.2, 0) is 19.9 Å². The second-order valence-corrected chi connectivity index (χ2v) is 8.71. The van der Waals surface area contributed by atoms with Crippen LogP contribution in [0.1, 0.15) is 24.0 Å². The Morgan fingerprint density at radius 2 is 1.79 bits per heavy atom. The van der Waals surface area contributed by atoms with Gasteiger partial charge in [-0.15, -0.1) is 5.10 Å². The molecule has 1 aliphatic carbocycles. The molecule has 3 aromatic rings. The normalized spacial score (nSPS) is 18.9. The number of piperidine rings is 1. The first-order valence-corrected chi connectivity index (χ1v) is 11.5. The maximum Gasteiger partial charge on any atom is 0.347 e. The van der Waals surface area contributed by atoms with E-state index in [1.54, 1.807) is 36.4 Å². The number of carbonyl (C=O) groups excluding carboxylic acids is 2. The topological polar surface area (TPSA) is 113 Å². The highest BCUT2D eigenvalue weighted by Gasteiger charge is 2.49. The number of hydrogen-bond donors (Lipinski definition) is 3. The van der Waals surface area contributed by atoms with Crippen molar-refractivity contribution in [2.45, 2.75) is 18.4 Å². The van der Waals surface area contributed by atoms with Crippen LogP contribution in [-0.4, -0.2) is 46.9 Å². The minimum Gasteiger partial charge on any atom is -0.462 e. The Morgan fingerprint density at radius 3 is 2.41 bits per heavy atom. The molecule has 8 heteroatoms. The Hall–Kier alpha value is -3.62. The van der Waals surface area contributed by atoms with Gasteiger partial charge < -0.3 is 20.5 Å². The number of benzene rings is 2. The fraction of sp³-hybridized carbons (Fsp3) is 0.308. The van der Waals surface area contributed by atoms with Crippen molar-refractivity contribution in [3.05, 3.63) is 78.0 Å². The van der Waals surface area contributed by atoms with Gasteiger partial charge in [0.25, 0.3) is 0 Å². The Bertz CT molecular complexity index is 1150. The van der Waals surface area contributed by atoms with Gasteiger partial charge in [0.2, 0.25) is 11.5 Å². The molecular weight excluding hydrogens is 432 g/mol. The van der Waals surface area contributed by atoms with Gasteiger partial charge in [0.1, 0.15) is 6.61 Å². The monoisotopic (exact) mass is 458 g/mol. The average molecular weight is 459 g/mol. The minimum absolute atomic E-state index is 0.0176. The lowest BCUT2D eigenvalue weighted by Gasteiger charge is -2.31. The van der Waals surface area contributed by atoms with Gasteiger partial charge in [0.05, 0.1) is 5.92 Å². The SMILES string of the molecule is O=C(Nc1cccnn1)C(COC(=O)C1(O)c2ccccc2-c2ccccc21)[C@H]1CCCNC1. The Balaban J connectivity index is 1.39. The van der Waals surface area contributed by atoms with E-state index < -0.39 is 17.5 Å². The van der Waals surface area contributed by atoms with Crippen LogP contribution in [0.5, 0.6) is 0 Å². The van der Waals surface area contributed by atoms with Gasteiger partial charge in [0, 0.05) is 17.3 Å². The maximum atomic E-state index is 13.4. The van der Waals surface area contributed by atoms with Gasteiger partial charge in [-0.3, -0.25) is 4.79 Å². The van der Waals surface area contributed by atoms with Crippen LogP contribution < -0.4 is 10.6 Å². The zero-order chi connectivity index (χ0) is 23.5. The van der Waals surface area contributed by atoms with Crippen molar-refractivity contribution in [1.29, 1.82) is 0 Å². The molecule has 174 valence electrons. The Morgan fingerprint density at radius 1 is 1.09 bits per heavy atom. The lowest BCUT2D eigenvalue weighted by atomic mass is 9.85. The number of fused-ring (bicyclic) bond motifs is 3. The first kappa shape index (κ1) is 22.2. The van der Waals surface area contributed by atoms with E-state index >= 15 is 0 Å². The molecule has 1 unspecified atom stereocenters. The molecule has 0 bridgehead atoms. The van der Waals surface area contributed by atoms with Crippen molar-refractivity contribution in [3.63, 3.8) is 0 Å². The minimum atomic E-state index is -1.93. The third-order valence-electron chi connectivity index (χ3n) is 6.68. The van der Waals surface area contributed by atoms with Crippen LogP contribution in [0.25, 0.3) is 11.1 Å². The zero-order valence-corrected chi connectivity index (χ0v) is 18.6. The van der Waals surface area contributed by atoms with Gasteiger partial charge in [-0.05, 0) is 55.1 Å². The predicted octanol–water partition coefficient (Wildman–Crippen LogP) is 2.49. The number of nitrogens with zero attached hydrogens (tertiary/aromatic N) is 2. The number of rotatable bonds is 6. The quantitative estimate of drug-likeness (QED) is 0.487. The lowest BCUT2D eigenvalue weighted by Crippen LogP contribution is -2.43. The maximum absolute atomic E-state index is 13.4. The highest BCUT2D eigenvalue weighted by Crippen LogP contribution is 2.48. The van der Waals surface area contributed by atoms with Crippen LogP contribution >= 0.6 is 0 Å². The summed E-state index contributed by atoms with van der Waals surface area (Å²) in [5.41, 5.74) is 0.642. The van der Waals surface area contributed by atoms with Crippen LogP contribution in [0.2, 0.25) is 0 Å². The van der Waals surface area contributed by atoms with Crippen LogP contribution in [0.3, 0.4) is 0 Å². The fourth-order valence-electron chi connectivity index (χ4n) is 4.94. The van der Waals surface area contributed by atoms with Crippen molar-refractivity contribution < 1.29 is 19.4 Å². The van der Waals surface area contributed by atoms with E-state index in [1.807, 2.05) is 24.3 Å². The van der Waals surface area contributed by atoms with Crippen molar-refractivity contribution in [1.82, 2.24) is 15.5 Å². The van der Waals surface area contributed by atoms with Gasteiger partial charge in [-0.25, -0.2) is 4.79 Å². The summed E-state index contributed by atoms with van der Waals surface area (Å²) in [6.45, 7) is 1.39. The molecule has 8 nitrogen and oxygen atoms in total. The molecule has 1 amide bonds. The standard InChI is InChI=1S/C26H26N4O4/c31-24(29-23-12-6-14-28-30-23)20(17-7-5-13-27-15-17)16-34-25(32)26(33)21-10-3-1-8-18(21)19-9-2-4-11-22(19)26/h1-4,6,8-12,14,17,20,27,33H,5,7,13,15-16H2,(H,29,30,31)/t17-,20?/m0/s1. The number of aliphatic hydroxyl groups is 1. The summed E-state index contributed by atoms with van der Waals surface area (Å²) in [4.78, 5) is 26.6. The number of hydrogen-bond acceptors (Lipinski definition) is 7. The van der Waals surface area contributed by atoms with Crippen molar-refractivity contribution >= 4 is 17.7 Å². The summed E-state index contributed by atoms with van der Waals surface area (Å²) >= 11 is 0. The van der Waals surface area contributed by atoms with Gasteiger partial charge in [-0.1, -0.05) is 48.5 Å². The molecule has 2 aromatic carbocycles. The number of anilines is 1. The van der Waals surface area contributed by atoms with Crippen LogP contribution in [0, 0.1) is 11.8 Å². The predicted molar refractivity (Wildman–Crippen MR) is 126 cm³/mol. The number of carbonyl (C=O) groups is 2. The van der Waals surface area contributed by atoms with E-state index in [-0.39, 0.29) is 18.4 Å². The number of ether oxygens (including phenoxy) is 1. The number of amides is 1. The summed E-state index contributed by atoms with van der Waals surface area (Å²) in [6, 6.07) is 17.9. The van der Waals surface area contributed by atoms with Gasteiger partial charge in [-0.2, -0.15) is 5.10 Å². The van der Waals surface area contributed by atoms with Gasteiger partial charge in [0.15, 0.2) is 5.82 Å². The van der Waals surface area contributed by atoms with E-state index in [9.17, 15) is 14.7 Å². The van der Waals surface area contributed by atoms with E-state index in [0.717, 1.165) is 30.5 Å². The molecule has 0 spiro atoms. The van der Waals surface area contributed by atoms with Gasteiger partial charge >= 0.3 is 5.97 Å². The average Bonchev–Trinajstić information content (AvgIpc) is 3.15. The highest BCUT2D eigenvalue weighted by atomic mass is 16.5. The summed E-state index contributed by atoms with van der Waals surface area (Å²) in [6.07, 6.45) is 3.29. The zero-order valence-electron chi connectivity index (χ0n) is 18.6. The lowest BCUT2D eigenvalue weighted by molar-refractivity contribution is -0.164. The number of nitrogens with one attached hydrogen (secondary N) is 2.